The van der Waals surface area contributed by atoms with E-state index in [0.717, 1.165) is 25.2 Å². The second-order valence-electron chi connectivity index (χ2n) is 4.12. The number of aryl methyl sites for hydroxylation is 1. The Morgan fingerprint density at radius 1 is 1.31 bits per heavy atom. The highest BCUT2D eigenvalue weighted by atomic mass is 16.5. The minimum Gasteiger partial charge on any atom is -0.494 e. The maximum Gasteiger partial charge on any atom is 0.119 e. The minimum absolute atomic E-state index is 0.385. The van der Waals surface area contributed by atoms with Crippen molar-refractivity contribution >= 4 is 0 Å². The smallest absolute Gasteiger partial charge is 0.119 e. The van der Waals surface area contributed by atoms with Crippen LogP contribution in [-0.4, -0.2) is 6.61 Å². The highest BCUT2D eigenvalue weighted by molar-refractivity contribution is 5.37. The third-order valence-corrected chi connectivity index (χ3v) is 2.72. The summed E-state index contributed by atoms with van der Waals surface area (Å²) in [5, 5.41) is 0. The molecule has 0 aliphatic carbocycles. The molecule has 1 nitrogen and oxygen atoms in total. The van der Waals surface area contributed by atoms with E-state index in [1.54, 1.807) is 0 Å². The van der Waals surface area contributed by atoms with E-state index in [-0.39, 0.29) is 0 Å². The van der Waals surface area contributed by atoms with Gasteiger partial charge in [0.2, 0.25) is 0 Å². The normalized spacial score (nSPS) is 12.2. The van der Waals surface area contributed by atoms with E-state index < -0.39 is 0 Å². The van der Waals surface area contributed by atoms with Crippen LogP contribution in [0.15, 0.2) is 30.9 Å². The molecular formula is C15H22O. The minimum atomic E-state index is 0.385. The van der Waals surface area contributed by atoms with Crippen LogP contribution in [-0.2, 0) is 6.42 Å². The van der Waals surface area contributed by atoms with E-state index in [9.17, 15) is 0 Å². The molecule has 0 aliphatic heterocycles. The van der Waals surface area contributed by atoms with Gasteiger partial charge in [-0.1, -0.05) is 32.4 Å². The van der Waals surface area contributed by atoms with Crippen molar-refractivity contribution in [3.05, 3.63) is 42.0 Å². The highest BCUT2D eigenvalue weighted by Gasteiger charge is 2.05. The third kappa shape index (κ3) is 3.41. The lowest BCUT2D eigenvalue weighted by Gasteiger charge is -2.12. The predicted molar refractivity (Wildman–Crippen MR) is 70.2 cm³/mol. The molecule has 0 saturated heterocycles. The quantitative estimate of drug-likeness (QED) is 0.646. The van der Waals surface area contributed by atoms with E-state index >= 15 is 0 Å². The van der Waals surface area contributed by atoms with E-state index in [1.807, 2.05) is 13.0 Å². The van der Waals surface area contributed by atoms with Crippen LogP contribution >= 0.6 is 0 Å². The van der Waals surface area contributed by atoms with Gasteiger partial charge in [0, 0.05) is 0 Å². The molecule has 0 spiro atoms. The molecule has 1 aromatic carbocycles. The molecule has 0 aliphatic rings. The Balaban J connectivity index is 3.02. The molecule has 88 valence electrons. The molecule has 1 rings (SSSR count). The first-order valence-corrected chi connectivity index (χ1v) is 6.10. The Morgan fingerprint density at radius 2 is 2.06 bits per heavy atom. The SMILES string of the molecule is C=CC(C)c1cc(CCC)cc(OCC)c1. The summed E-state index contributed by atoms with van der Waals surface area (Å²) in [6.07, 6.45) is 4.25. The van der Waals surface area contributed by atoms with Crippen molar-refractivity contribution in [3.8, 4) is 5.75 Å². The van der Waals surface area contributed by atoms with Gasteiger partial charge in [-0.15, -0.1) is 6.58 Å². The van der Waals surface area contributed by atoms with Crippen LogP contribution in [0.3, 0.4) is 0 Å². The lowest BCUT2D eigenvalue weighted by atomic mass is 9.97. The van der Waals surface area contributed by atoms with E-state index in [4.69, 9.17) is 4.74 Å². The number of hydrogen-bond donors (Lipinski definition) is 0. The van der Waals surface area contributed by atoms with Crippen molar-refractivity contribution in [2.75, 3.05) is 6.61 Å². The molecule has 0 aromatic heterocycles. The lowest BCUT2D eigenvalue weighted by Crippen LogP contribution is -1.97. The summed E-state index contributed by atoms with van der Waals surface area (Å²) >= 11 is 0. The molecule has 1 atom stereocenters. The predicted octanol–water partition coefficient (Wildman–Crippen LogP) is 4.33. The summed E-state index contributed by atoms with van der Waals surface area (Å²) in [6.45, 7) is 10.9. The van der Waals surface area contributed by atoms with Crippen LogP contribution in [0.25, 0.3) is 0 Å². The largest absolute Gasteiger partial charge is 0.494 e. The zero-order valence-corrected chi connectivity index (χ0v) is 10.6. The fourth-order valence-electron chi connectivity index (χ4n) is 1.77. The van der Waals surface area contributed by atoms with E-state index in [2.05, 4.69) is 38.6 Å². The van der Waals surface area contributed by atoms with Crippen molar-refractivity contribution in [2.45, 2.75) is 39.5 Å². The van der Waals surface area contributed by atoms with Gasteiger partial charge in [-0.3, -0.25) is 0 Å². The van der Waals surface area contributed by atoms with Crippen molar-refractivity contribution in [2.24, 2.45) is 0 Å². The Hall–Kier alpha value is -1.24. The molecule has 1 heteroatoms. The highest BCUT2D eigenvalue weighted by Crippen LogP contribution is 2.24. The molecule has 0 bridgehead atoms. The first-order valence-electron chi connectivity index (χ1n) is 6.10. The molecule has 0 fully saturated rings. The summed E-state index contributed by atoms with van der Waals surface area (Å²) in [7, 11) is 0. The van der Waals surface area contributed by atoms with Gasteiger partial charge in [-0.05, 0) is 42.5 Å². The molecule has 0 N–H and O–H groups in total. The summed E-state index contributed by atoms with van der Waals surface area (Å²) in [5.74, 6) is 1.37. The molecule has 0 heterocycles. The molecule has 16 heavy (non-hydrogen) atoms. The summed E-state index contributed by atoms with van der Waals surface area (Å²) in [4.78, 5) is 0. The number of benzene rings is 1. The van der Waals surface area contributed by atoms with Crippen LogP contribution in [0, 0.1) is 0 Å². The van der Waals surface area contributed by atoms with E-state index in [0.29, 0.717) is 5.92 Å². The van der Waals surface area contributed by atoms with Gasteiger partial charge < -0.3 is 4.74 Å². The van der Waals surface area contributed by atoms with Crippen molar-refractivity contribution in [1.82, 2.24) is 0 Å². The maximum absolute atomic E-state index is 5.59. The average Bonchev–Trinajstić information content (AvgIpc) is 2.28. The zero-order chi connectivity index (χ0) is 12.0. The summed E-state index contributed by atoms with van der Waals surface area (Å²) in [6, 6.07) is 6.53. The summed E-state index contributed by atoms with van der Waals surface area (Å²) < 4.78 is 5.59. The average molecular weight is 218 g/mol. The lowest BCUT2D eigenvalue weighted by molar-refractivity contribution is 0.339. The van der Waals surface area contributed by atoms with Gasteiger partial charge >= 0.3 is 0 Å². The second kappa shape index (κ2) is 6.37. The van der Waals surface area contributed by atoms with Crippen molar-refractivity contribution in [1.29, 1.82) is 0 Å². The molecule has 0 saturated carbocycles. The Kier molecular flexibility index (Phi) is 5.10. The first kappa shape index (κ1) is 12.8. The fourth-order valence-corrected chi connectivity index (χ4v) is 1.77. The van der Waals surface area contributed by atoms with Gasteiger partial charge in [0.05, 0.1) is 6.61 Å². The molecule has 0 amide bonds. The van der Waals surface area contributed by atoms with Crippen LogP contribution in [0.2, 0.25) is 0 Å². The molecule has 0 radical (unpaired) electrons. The number of allylic oxidation sites excluding steroid dienone is 1. The topological polar surface area (TPSA) is 9.23 Å². The first-order chi connectivity index (χ1) is 7.71. The van der Waals surface area contributed by atoms with Gasteiger partial charge in [0.25, 0.3) is 0 Å². The third-order valence-electron chi connectivity index (χ3n) is 2.72. The fraction of sp³-hybridized carbons (Fsp3) is 0.467. The van der Waals surface area contributed by atoms with Crippen molar-refractivity contribution in [3.63, 3.8) is 0 Å². The van der Waals surface area contributed by atoms with Crippen LogP contribution < -0.4 is 4.74 Å². The van der Waals surface area contributed by atoms with Crippen LogP contribution in [0.5, 0.6) is 5.75 Å². The monoisotopic (exact) mass is 218 g/mol. The van der Waals surface area contributed by atoms with E-state index in [1.165, 1.54) is 11.1 Å². The Morgan fingerprint density at radius 3 is 2.62 bits per heavy atom. The summed E-state index contributed by atoms with van der Waals surface area (Å²) in [5.41, 5.74) is 2.65. The van der Waals surface area contributed by atoms with Crippen LogP contribution in [0.4, 0.5) is 0 Å². The van der Waals surface area contributed by atoms with Crippen molar-refractivity contribution < 1.29 is 4.74 Å². The van der Waals surface area contributed by atoms with Gasteiger partial charge in [0.1, 0.15) is 5.75 Å². The zero-order valence-electron chi connectivity index (χ0n) is 10.6. The molecule has 1 unspecified atom stereocenters. The number of hydrogen-bond acceptors (Lipinski definition) is 1. The number of ether oxygens (including phenoxy) is 1. The Labute approximate surface area is 99.1 Å². The molecular weight excluding hydrogens is 196 g/mol. The van der Waals surface area contributed by atoms with Gasteiger partial charge in [-0.25, -0.2) is 0 Å². The standard InChI is InChI=1S/C15H22O/c1-5-8-13-9-14(12(4)6-2)11-15(10-13)16-7-3/h6,9-12H,2,5,7-8H2,1,3-4H3. The molecule has 1 aromatic rings. The Bertz CT molecular complexity index is 317. The van der Waals surface area contributed by atoms with Gasteiger partial charge in [0.15, 0.2) is 0 Å². The number of rotatable bonds is 6. The second-order valence-corrected chi connectivity index (χ2v) is 4.12. The maximum atomic E-state index is 5.59. The van der Waals surface area contributed by atoms with Crippen LogP contribution in [0.1, 0.15) is 44.2 Å². The van der Waals surface area contributed by atoms with Gasteiger partial charge in [-0.2, -0.15) is 0 Å².